The summed E-state index contributed by atoms with van der Waals surface area (Å²) in [6.45, 7) is 8.58. The van der Waals surface area contributed by atoms with Crippen molar-refractivity contribution in [1.82, 2.24) is 20.6 Å². The molecule has 2 aromatic heterocycles. The summed E-state index contributed by atoms with van der Waals surface area (Å²) in [5.41, 5.74) is 1.08. The summed E-state index contributed by atoms with van der Waals surface area (Å²) >= 11 is 1.69. The van der Waals surface area contributed by atoms with Gasteiger partial charge in [-0.25, -0.2) is 14.4 Å². The second kappa shape index (κ2) is 9.82. The number of pyridine rings is 1. The number of aliphatic imine (C=N–C) groups is 1. The lowest BCUT2D eigenvalue weighted by atomic mass is 9.98. The normalized spacial score (nSPS) is 17.4. The summed E-state index contributed by atoms with van der Waals surface area (Å²) < 4.78 is 13.9. The third-order valence-corrected chi connectivity index (χ3v) is 5.74. The number of guanidine groups is 1. The molecule has 0 aliphatic carbocycles. The summed E-state index contributed by atoms with van der Waals surface area (Å²) in [7, 11) is 1.75. The van der Waals surface area contributed by atoms with E-state index in [1.165, 1.54) is 6.07 Å². The van der Waals surface area contributed by atoms with Gasteiger partial charge >= 0.3 is 0 Å². The highest BCUT2D eigenvalue weighted by Crippen LogP contribution is 2.25. The Morgan fingerprint density at radius 2 is 2.21 bits per heavy atom. The predicted molar refractivity (Wildman–Crippen MR) is 124 cm³/mol. The number of thiazole rings is 1. The van der Waals surface area contributed by atoms with Crippen LogP contribution in [0.1, 0.15) is 37.9 Å². The summed E-state index contributed by atoms with van der Waals surface area (Å²) in [5.74, 6) is 0.870. The average Bonchev–Trinajstić information content (AvgIpc) is 3.28. The van der Waals surface area contributed by atoms with Gasteiger partial charge in [0.1, 0.15) is 0 Å². The second-order valence-corrected chi connectivity index (χ2v) is 8.56. The molecule has 1 atom stereocenters. The van der Waals surface area contributed by atoms with Crippen LogP contribution in [0.3, 0.4) is 0 Å². The van der Waals surface area contributed by atoms with Gasteiger partial charge in [-0.2, -0.15) is 0 Å². The molecule has 1 saturated heterocycles. The van der Waals surface area contributed by atoms with Crippen molar-refractivity contribution < 1.29 is 4.39 Å². The molecule has 1 fully saturated rings. The van der Waals surface area contributed by atoms with Crippen LogP contribution in [0.15, 0.2) is 28.7 Å². The first-order valence-electron chi connectivity index (χ1n) is 9.14. The Labute approximate surface area is 187 Å². The average molecular weight is 518 g/mol. The van der Waals surface area contributed by atoms with Crippen molar-refractivity contribution in [3.05, 3.63) is 40.2 Å². The lowest BCUT2D eigenvalue weighted by molar-refractivity contribution is 0.582. The van der Waals surface area contributed by atoms with Crippen molar-refractivity contribution in [3.8, 4) is 0 Å². The molecular formula is C19H28FIN6S. The molecule has 0 amide bonds. The van der Waals surface area contributed by atoms with Crippen LogP contribution in [0.2, 0.25) is 0 Å². The maximum atomic E-state index is 13.9. The Bertz CT molecular complexity index is 804. The van der Waals surface area contributed by atoms with Gasteiger partial charge < -0.3 is 15.5 Å². The predicted octanol–water partition coefficient (Wildman–Crippen LogP) is 3.54. The quantitative estimate of drug-likeness (QED) is 0.369. The van der Waals surface area contributed by atoms with Crippen molar-refractivity contribution in [2.45, 2.75) is 45.2 Å². The van der Waals surface area contributed by atoms with Gasteiger partial charge in [0.15, 0.2) is 17.6 Å². The van der Waals surface area contributed by atoms with Crippen LogP contribution in [0.4, 0.5) is 10.2 Å². The second-order valence-electron chi connectivity index (χ2n) is 7.70. The van der Waals surface area contributed by atoms with Gasteiger partial charge in [0.2, 0.25) is 0 Å². The number of hydrogen-bond acceptors (Lipinski definition) is 5. The van der Waals surface area contributed by atoms with Gasteiger partial charge in [-0.1, -0.05) is 20.8 Å². The highest BCUT2D eigenvalue weighted by atomic mass is 127. The lowest BCUT2D eigenvalue weighted by Gasteiger charge is -2.19. The highest BCUT2D eigenvalue weighted by molar-refractivity contribution is 14.0. The van der Waals surface area contributed by atoms with E-state index in [1.54, 1.807) is 30.6 Å². The maximum absolute atomic E-state index is 13.9. The third kappa shape index (κ3) is 5.76. The standard InChI is InChI=1S/C19H27FN6S.HI/c1-19(2,3)17-24-14(12-27-17)10-23-18(21-4)25-13-7-9-26(11-13)16-15(20)6-5-8-22-16;/h5-6,8,12-13H,7,9-11H2,1-4H3,(H2,21,23,25);1H. The molecule has 2 aromatic rings. The van der Waals surface area contributed by atoms with Gasteiger partial charge in [-0.3, -0.25) is 4.99 Å². The van der Waals surface area contributed by atoms with E-state index >= 15 is 0 Å². The van der Waals surface area contributed by atoms with Gasteiger partial charge in [-0.15, -0.1) is 35.3 Å². The zero-order chi connectivity index (χ0) is 19.4. The fourth-order valence-corrected chi connectivity index (χ4v) is 3.88. The molecule has 1 unspecified atom stereocenters. The molecule has 9 heteroatoms. The Balaban J connectivity index is 0.00000280. The van der Waals surface area contributed by atoms with Gasteiger partial charge in [0.05, 0.1) is 17.2 Å². The SMILES string of the molecule is CN=C(NCc1csc(C(C)(C)C)n1)NC1CCN(c2ncccc2F)C1.I. The summed E-state index contributed by atoms with van der Waals surface area (Å²) in [5, 5.41) is 9.95. The van der Waals surface area contributed by atoms with Crippen molar-refractivity contribution >= 4 is 47.1 Å². The minimum Gasteiger partial charge on any atom is -0.352 e. The first-order valence-corrected chi connectivity index (χ1v) is 10.0. The smallest absolute Gasteiger partial charge is 0.191 e. The van der Waals surface area contributed by atoms with Crippen molar-refractivity contribution in [1.29, 1.82) is 0 Å². The topological polar surface area (TPSA) is 65.4 Å². The largest absolute Gasteiger partial charge is 0.352 e. The molecule has 1 aliphatic rings. The molecule has 6 nitrogen and oxygen atoms in total. The molecule has 28 heavy (non-hydrogen) atoms. The van der Waals surface area contributed by atoms with E-state index in [1.807, 2.05) is 4.90 Å². The van der Waals surface area contributed by atoms with E-state index in [2.05, 4.69) is 46.8 Å². The third-order valence-electron chi connectivity index (χ3n) is 4.42. The number of aromatic nitrogens is 2. The summed E-state index contributed by atoms with van der Waals surface area (Å²) in [6, 6.07) is 3.25. The van der Waals surface area contributed by atoms with Gasteiger partial charge in [0.25, 0.3) is 0 Å². The van der Waals surface area contributed by atoms with E-state index in [0.29, 0.717) is 18.9 Å². The zero-order valence-electron chi connectivity index (χ0n) is 16.7. The molecule has 0 radical (unpaired) electrons. The van der Waals surface area contributed by atoms with E-state index in [0.717, 1.165) is 29.6 Å². The molecule has 2 N–H and O–H groups in total. The highest BCUT2D eigenvalue weighted by Gasteiger charge is 2.26. The Morgan fingerprint density at radius 1 is 1.43 bits per heavy atom. The van der Waals surface area contributed by atoms with E-state index in [4.69, 9.17) is 4.98 Å². The van der Waals surface area contributed by atoms with Crippen LogP contribution in [0.5, 0.6) is 0 Å². The van der Waals surface area contributed by atoms with Gasteiger partial charge in [-0.05, 0) is 18.6 Å². The molecular weight excluding hydrogens is 490 g/mol. The molecule has 0 spiro atoms. The monoisotopic (exact) mass is 518 g/mol. The zero-order valence-corrected chi connectivity index (χ0v) is 19.8. The maximum Gasteiger partial charge on any atom is 0.191 e. The van der Waals surface area contributed by atoms with Crippen LogP contribution in [0, 0.1) is 5.82 Å². The number of hydrogen-bond donors (Lipinski definition) is 2. The molecule has 3 heterocycles. The molecule has 3 rings (SSSR count). The molecule has 154 valence electrons. The first kappa shape index (κ1) is 22.8. The van der Waals surface area contributed by atoms with Crippen LogP contribution in [-0.2, 0) is 12.0 Å². The number of anilines is 1. The summed E-state index contributed by atoms with van der Waals surface area (Å²) in [4.78, 5) is 15.1. The summed E-state index contributed by atoms with van der Waals surface area (Å²) in [6.07, 6.45) is 2.53. The van der Waals surface area contributed by atoms with E-state index in [9.17, 15) is 4.39 Å². The van der Waals surface area contributed by atoms with Crippen LogP contribution >= 0.6 is 35.3 Å². The molecule has 1 aliphatic heterocycles. The minimum absolute atomic E-state index is 0. The fraction of sp³-hybridized carbons (Fsp3) is 0.526. The molecule has 0 saturated carbocycles. The van der Waals surface area contributed by atoms with E-state index in [-0.39, 0.29) is 41.3 Å². The lowest BCUT2D eigenvalue weighted by Crippen LogP contribution is -2.44. The fourth-order valence-electron chi connectivity index (χ4n) is 2.98. The number of nitrogens with one attached hydrogen (secondary N) is 2. The van der Waals surface area contributed by atoms with Crippen LogP contribution in [-0.4, -0.2) is 42.1 Å². The van der Waals surface area contributed by atoms with Crippen molar-refractivity contribution in [2.24, 2.45) is 4.99 Å². The Kier molecular flexibility index (Phi) is 7.99. The number of rotatable bonds is 4. The molecule has 0 aromatic carbocycles. The van der Waals surface area contributed by atoms with Crippen molar-refractivity contribution in [3.63, 3.8) is 0 Å². The van der Waals surface area contributed by atoms with E-state index < -0.39 is 0 Å². The van der Waals surface area contributed by atoms with Crippen molar-refractivity contribution in [2.75, 3.05) is 25.0 Å². The Morgan fingerprint density at radius 3 is 2.86 bits per heavy atom. The van der Waals surface area contributed by atoms with Gasteiger partial charge in [0, 0.05) is 43.2 Å². The number of nitrogens with zero attached hydrogens (tertiary/aromatic N) is 4. The minimum atomic E-state index is -0.279. The van der Waals surface area contributed by atoms with Crippen LogP contribution in [0.25, 0.3) is 0 Å². The number of halogens is 2. The first-order chi connectivity index (χ1) is 12.9. The molecule has 0 bridgehead atoms. The Hall–Kier alpha value is -1.49. The van der Waals surface area contributed by atoms with Crippen LogP contribution < -0.4 is 15.5 Å².